The number of benzene rings is 2. The van der Waals surface area contributed by atoms with Crippen LogP contribution in [0.2, 0.25) is 0 Å². The van der Waals surface area contributed by atoms with E-state index in [-0.39, 0.29) is 17.8 Å². The molecular weight excluding hydrogens is 331 g/mol. The minimum atomic E-state index is -0.253. The molecule has 4 nitrogen and oxygen atoms in total. The lowest BCUT2D eigenvalue weighted by Gasteiger charge is -2.34. The standard InChI is InChI=1S/C21H25FN2O2/c1-26-20-10-8-18(9-11-20)23-19-6-3-13-24(15-19)21(25)12-7-16-4-2-5-17(22)14-16/h2,4-5,8-11,14,19,23H,3,6-7,12-13,15H2,1H3/t19-/m1/s1. The fraction of sp³-hybridized carbons (Fsp3) is 0.381. The van der Waals surface area contributed by atoms with Crippen LogP contribution in [0.3, 0.4) is 0 Å². The summed E-state index contributed by atoms with van der Waals surface area (Å²) >= 11 is 0. The summed E-state index contributed by atoms with van der Waals surface area (Å²) in [4.78, 5) is 14.4. The maximum absolute atomic E-state index is 13.2. The summed E-state index contributed by atoms with van der Waals surface area (Å²) in [6.07, 6.45) is 3.02. The van der Waals surface area contributed by atoms with E-state index in [1.165, 1.54) is 12.1 Å². The molecule has 1 atom stereocenters. The van der Waals surface area contributed by atoms with Crippen molar-refractivity contribution >= 4 is 11.6 Å². The van der Waals surface area contributed by atoms with Crippen LogP contribution in [-0.2, 0) is 11.2 Å². The molecule has 1 N–H and O–H groups in total. The Bertz CT molecular complexity index is 733. The quantitative estimate of drug-likeness (QED) is 0.854. The zero-order valence-corrected chi connectivity index (χ0v) is 15.1. The third-order valence-corrected chi connectivity index (χ3v) is 4.75. The molecule has 0 radical (unpaired) electrons. The predicted octanol–water partition coefficient (Wildman–Crippen LogP) is 3.87. The topological polar surface area (TPSA) is 41.6 Å². The lowest BCUT2D eigenvalue weighted by atomic mass is 10.0. The molecule has 0 aromatic heterocycles. The van der Waals surface area contributed by atoms with Crippen molar-refractivity contribution in [1.82, 2.24) is 4.90 Å². The Labute approximate surface area is 154 Å². The number of halogens is 1. The molecule has 2 aromatic rings. The zero-order valence-electron chi connectivity index (χ0n) is 15.1. The van der Waals surface area contributed by atoms with Crippen LogP contribution in [-0.4, -0.2) is 37.0 Å². The van der Waals surface area contributed by atoms with Crippen molar-refractivity contribution in [3.8, 4) is 5.75 Å². The minimum Gasteiger partial charge on any atom is -0.497 e. The summed E-state index contributed by atoms with van der Waals surface area (Å²) in [7, 11) is 1.65. The van der Waals surface area contributed by atoms with Crippen molar-refractivity contribution in [2.75, 3.05) is 25.5 Å². The van der Waals surface area contributed by atoms with Crippen molar-refractivity contribution in [2.24, 2.45) is 0 Å². The predicted molar refractivity (Wildman–Crippen MR) is 101 cm³/mol. The van der Waals surface area contributed by atoms with Crippen LogP contribution in [0.5, 0.6) is 5.75 Å². The number of anilines is 1. The first kappa shape index (κ1) is 18.2. The van der Waals surface area contributed by atoms with E-state index in [1.54, 1.807) is 13.2 Å². The molecular formula is C21H25FN2O2. The summed E-state index contributed by atoms with van der Waals surface area (Å²) in [6, 6.07) is 14.5. The Morgan fingerprint density at radius 2 is 2.08 bits per heavy atom. The molecule has 0 saturated carbocycles. The van der Waals surface area contributed by atoms with Crippen LogP contribution in [0, 0.1) is 5.82 Å². The van der Waals surface area contributed by atoms with Gasteiger partial charge < -0.3 is 15.0 Å². The van der Waals surface area contributed by atoms with Crippen LogP contribution in [0.1, 0.15) is 24.8 Å². The molecule has 1 aliphatic heterocycles. The van der Waals surface area contributed by atoms with Crippen LogP contribution in [0.4, 0.5) is 10.1 Å². The van der Waals surface area contributed by atoms with E-state index in [0.29, 0.717) is 19.4 Å². The summed E-state index contributed by atoms with van der Waals surface area (Å²) < 4.78 is 18.4. The first-order valence-corrected chi connectivity index (χ1v) is 9.07. The molecule has 1 heterocycles. The maximum Gasteiger partial charge on any atom is 0.222 e. The minimum absolute atomic E-state index is 0.135. The van der Waals surface area contributed by atoms with Gasteiger partial charge >= 0.3 is 0 Å². The van der Waals surface area contributed by atoms with Gasteiger partial charge in [-0.05, 0) is 61.2 Å². The Balaban J connectivity index is 1.51. The smallest absolute Gasteiger partial charge is 0.222 e. The van der Waals surface area contributed by atoms with Crippen molar-refractivity contribution in [3.05, 3.63) is 59.9 Å². The summed E-state index contributed by atoms with van der Waals surface area (Å²) in [5.74, 6) is 0.709. The maximum atomic E-state index is 13.2. The Morgan fingerprint density at radius 3 is 2.81 bits per heavy atom. The summed E-state index contributed by atoms with van der Waals surface area (Å²) in [5.41, 5.74) is 1.90. The number of aryl methyl sites for hydroxylation is 1. The molecule has 26 heavy (non-hydrogen) atoms. The molecule has 0 spiro atoms. The third kappa shape index (κ3) is 4.97. The van der Waals surface area contributed by atoms with E-state index in [4.69, 9.17) is 4.74 Å². The van der Waals surface area contributed by atoms with Crippen molar-refractivity contribution in [3.63, 3.8) is 0 Å². The van der Waals surface area contributed by atoms with Gasteiger partial charge in [0, 0.05) is 31.2 Å². The Kier molecular flexibility index (Phi) is 6.10. The number of likely N-dealkylation sites (tertiary alicyclic amines) is 1. The lowest BCUT2D eigenvalue weighted by molar-refractivity contribution is -0.132. The van der Waals surface area contributed by atoms with E-state index in [0.717, 1.165) is 36.4 Å². The fourth-order valence-electron chi connectivity index (χ4n) is 3.35. The SMILES string of the molecule is COc1ccc(N[C@@H]2CCCN(C(=O)CCc3cccc(F)c3)C2)cc1. The summed E-state index contributed by atoms with van der Waals surface area (Å²) in [5, 5.41) is 3.50. The van der Waals surface area contributed by atoms with Gasteiger partial charge in [0.05, 0.1) is 7.11 Å². The first-order chi connectivity index (χ1) is 12.6. The second kappa shape index (κ2) is 8.70. The number of nitrogens with zero attached hydrogens (tertiary/aromatic N) is 1. The molecule has 1 amide bonds. The van der Waals surface area contributed by atoms with Gasteiger partial charge in [-0.2, -0.15) is 0 Å². The molecule has 1 aliphatic rings. The molecule has 1 saturated heterocycles. The van der Waals surface area contributed by atoms with Crippen molar-refractivity contribution in [1.29, 1.82) is 0 Å². The second-order valence-corrected chi connectivity index (χ2v) is 6.68. The van der Waals surface area contributed by atoms with Crippen LogP contribution in [0.25, 0.3) is 0 Å². The highest BCUT2D eigenvalue weighted by atomic mass is 19.1. The first-order valence-electron chi connectivity index (χ1n) is 9.07. The number of nitrogens with one attached hydrogen (secondary N) is 1. The summed E-state index contributed by atoms with van der Waals surface area (Å²) in [6.45, 7) is 1.50. The van der Waals surface area contributed by atoms with Gasteiger partial charge in [0.1, 0.15) is 11.6 Å². The van der Waals surface area contributed by atoms with E-state index in [1.807, 2.05) is 35.2 Å². The number of ether oxygens (including phenoxy) is 1. The molecule has 138 valence electrons. The number of carbonyl (C=O) groups excluding carboxylic acids is 1. The Morgan fingerprint density at radius 1 is 1.27 bits per heavy atom. The molecule has 5 heteroatoms. The van der Waals surface area contributed by atoms with Crippen LogP contribution >= 0.6 is 0 Å². The normalized spacial score (nSPS) is 17.0. The van der Waals surface area contributed by atoms with Crippen LogP contribution < -0.4 is 10.1 Å². The fourth-order valence-corrected chi connectivity index (χ4v) is 3.35. The van der Waals surface area contributed by atoms with Crippen LogP contribution in [0.15, 0.2) is 48.5 Å². The van der Waals surface area contributed by atoms with Gasteiger partial charge in [0.15, 0.2) is 0 Å². The zero-order chi connectivity index (χ0) is 18.4. The number of amides is 1. The van der Waals surface area contributed by atoms with E-state index in [2.05, 4.69) is 5.32 Å². The number of methoxy groups -OCH3 is 1. The molecule has 0 aliphatic carbocycles. The average Bonchev–Trinajstić information content (AvgIpc) is 2.67. The highest BCUT2D eigenvalue weighted by molar-refractivity contribution is 5.76. The molecule has 0 unspecified atom stereocenters. The van der Waals surface area contributed by atoms with Gasteiger partial charge in [0.2, 0.25) is 5.91 Å². The number of rotatable bonds is 6. The van der Waals surface area contributed by atoms with E-state index >= 15 is 0 Å². The van der Waals surface area contributed by atoms with Crippen molar-refractivity contribution < 1.29 is 13.9 Å². The van der Waals surface area contributed by atoms with E-state index < -0.39 is 0 Å². The molecule has 2 aromatic carbocycles. The lowest BCUT2D eigenvalue weighted by Crippen LogP contribution is -2.45. The highest BCUT2D eigenvalue weighted by Gasteiger charge is 2.23. The third-order valence-electron chi connectivity index (χ3n) is 4.75. The molecule has 3 rings (SSSR count). The number of carbonyl (C=O) groups is 1. The van der Waals surface area contributed by atoms with Gasteiger partial charge in [-0.25, -0.2) is 4.39 Å². The van der Waals surface area contributed by atoms with Gasteiger partial charge in [-0.3, -0.25) is 4.79 Å². The van der Waals surface area contributed by atoms with Gasteiger partial charge in [0.25, 0.3) is 0 Å². The molecule has 0 bridgehead atoms. The van der Waals surface area contributed by atoms with Gasteiger partial charge in [-0.1, -0.05) is 12.1 Å². The molecule has 1 fully saturated rings. The average molecular weight is 356 g/mol. The highest BCUT2D eigenvalue weighted by Crippen LogP contribution is 2.20. The largest absolute Gasteiger partial charge is 0.497 e. The number of piperidine rings is 1. The number of hydrogen-bond acceptors (Lipinski definition) is 3. The monoisotopic (exact) mass is 356 g/mol. The Hall–Kier alpha value is -2.56. The van der Waals surface area contributed by atoms with Crippen molar-refractivity contribution in [2.45, 2.75) is 31.7 Å². The van der Waals surface area contributed by atoms with E-state index in [9.17, 15) is 9.18 Å². The second-order valence-electron chi connectivity index (χ2n) is 6.68. The van der Waals surface area contributed by atoms with Gasteiger partial charge in [-0.15, -0.1) is 0 Å². The number of hydrogen-bond donors (Lipinski definition) is 1.